The van der Waals surface area contributed by atoms with E-state index in [9.17, 15) is 4.79 Å². The van der Waals surface area contributed by atoms with Crippen molar-refractivity contribution in [3.63, 3.8) is 0 Å². The van der Waals surface area contributed by atoms with Crippen LogP contribution in [0.25, 0.3) is 0 Å². The third-order valence-corrected chi connectivity index (χ3v) is 6.82. The molecule has 0 N–H and O–H groups in total. The topological polar surface area (TPSA) is 20.3 Å². The summed E-state index contributed by atoms with van der Waals surface area (Å²) < 4.78 is 1.42. The predicted octanol–water partition coefficient (Wildman–Crippen LogP) is 8.03. The molecule has 0 saturated carbocycles. The number of rotatable bonds is 12. The molecule has 0 aromatic heterocycles. The van der Waals surface area contributed by atoms with Crippen molar-refractivity contribution in [2.24, 2.45) is 5.92 Å². The molecular weight excluding hydrogens is 469 g/mol. The van der Waals surface area contributed by atoms with Gasteiger partial charge in [-0.25, -0.2) is 0 Å². The molecule has 0 saturated heterocycles. The minimum Gasteiger partial charge on any atom is -0.346 e. The maximum atomic E-state index is 13.1. The summed E-state index contributed by atoms with van der Waals surface area (Å²) in [5.74, 6) is 0.505. The van der Waals surface area contributed by atoms with E-state index in [1.54, 1.807) is 0 Å². The van der Waals surface area contributed by atoms with Gasteiger partial charge in [-0.3, -0.25) is 4.79 Å². The molecule has 0 heterocycles. The van der Waals surface area contributed by atoms with E-state index in [-0.39, 0.29) is 5.92 Å². The van der Waals surface area contributed by atoms with Crippen LogP contribution in [0.4, 0.5) is 0 Å². The summed E-state index contributed by atoms with van der Waals surface area (Å²) in [5, 5.41) is 0. The number of carbonyl (C=O) groups excluding carboxylic acids is 1. The van der Waals surface area contributed by atoms with E-state index in [0.29, 0.717) is 5.78 Å². The summed E-state index contributed by atoms with van der Waals surface area (Å²) in [6.07, 6.45) is 18.9. The SMILES string of the molecule is C=C(CCC(CCCC)C(=O)C1=CCC=CC1)N(CCC)C1=C(C)CCC(I)=C1. The van der Waals surface area contributed by atoms with Gasteiger partial charge in [0.1, 0.15) is 0 Å². The molecule has 1 unspecified atom stereocenters. The first-order valence-corrected chi connectivity index (χ1v) is 12.4. The number of halogens is 1. The summed E-state index contributed by atoms with van der Waals surface area (Å²) in [4.78, 5) is 15.6. The molecule has 2 aliphatic carbocycles. The zero-order chi connectivity index (χ0) is 21.2. The number of unbranched alkanes of at least 4 members (excludes halogenated alkanes) is 1. The Bertz CT molecular complexity index is 710. The summed E-state index contributed by atoms with van der Waals surface area (Å²) in [6.45, 7) is 12.1. The molecule has 0 fully saturated rings. The molecule has 2 nitrogen and oxygen atoms in total. The van der Waals surface area contributed by atoms with Crippen LogP contribution in [0, 0.1) is 5.92 Å². The fourth-order valence-electron chi connectivity index (χ4n) is 4.16. The van der Waals surface area contributed by atoms with Crippen molar-refractivity contribution < 1.29 is 4.79 Å². The molecule has 0 aromatic carbocycles. The molecule has 0 radical (unpaired) electrons. The molecule has 3 heteroatoms. The number of Topliss-reactive ketones (excluding diaryl/α,β-unsaturated/α-hetero) is 1. The molecule has 29 heavy (non-hydrogen) atoms. The Morgan fingerprint density at radius 2 is 2.00 bits per heavy atom. The number of nitrogens with zero attached hydrogens (tertiary/aromatic N) is 1. The molecular formula is C26H38INO. The summed E-state index contributed by atoms with van der Waals surface area (Å²) in [7, 11) is 0. The Balaban J connectivity index is 2.08. The van der Waals surface area contributed by atoms with Crippen LogP contribution >= 0.6 is 22.6 Å². The molecule has 0 bridgehead atoms. The first kappa shape index (κ1) is 24.2. The highest BCUT2D eigenvalue weighted by Gasteiger charge is 2.23. The number of hydrogen-bond donors (Lipinski definition) is 0. The minimum atomic E-state index is 0.130. The van der Waals surface area contributed by atoms with E-state index in [0.717, 1.165) is 82.0 Å². The number of hydrogen-bond acceptors (Lipinski definition) is 2. The van der Waals surface area contributed by atoms with Crippen molar-refractivity contribution in [1.82, 2.24) is 4.90 Å². The van der Waals surface area contributed by atoms with Gasteiger partial charge in [0.15, 0.2) is 5.78 Å². The Kier molecular flexibility index (Phi) is 10.5. The third kappa shape index (κ3) is 7.27. The van der Waals surface area contributed by atoms with Gasteiger partial charge >= 0.3 is 0 Å². The van der Waals surface area contributed by atoms with Crippen molar-refractivity contribution >= 4 is 28.4 Å². The van der Waals surface area contributed by atoms with E-state index in [1.807, 2.05) is 0 Å². The van der Waals surface area contributed by atoms with Gasteiger partial charge in [-0.2, -0.15) is 0 Å². The maximum Gasteiger partial charge on any atom is 0.161 e. The standard InChI is InChI=1S/C26H38INO/c1-5-7-11-23(26(29)22-12-9-8-10-13-22)16-15-21(4)28(18-6-2)25-19-24(27)17-14-20(25)3/h8-9,13,19,23H,4-7,10-12,14-18H2,1-3H3. The van der Waals surface area contributed by atoms with Gasteiger partial charge in [0.2, 0.25) is 0 Å². The smallest absolute Gasteiger partial charge is 0.161 e. The predicted molar refractivity (Wildman–Crippen MR) is 134 cm³/mol. The van der Waals surface area contributed by atoms with E-state index >= 15 is 0 Å². The molecule has 160 valence electrons. The lowest BCUT2D eigenvalue weighted by Gasteiger charge is -2.32. The molecule has 0 spiro atoms. The highest BCUT2D eigenvalue weighted by Crippen LogP contribution is 2.33. The average molecular weight is 508 g/mol. The van der Waals surface area contributed by atoms with Crippen molar-refractivity contribution in [2.45, 2.75) is 85.0 Å². The lowest BCUT2D eigenvalue weighted by Crippen LogP contribution is -2.25. The van der Waals surface area contributed by atoms with Crippen LogP contribution in [-0.2, 0) is 4.79 Å². The first-order chi connectivity index (χ1) is 14.0. The number of ketones is 1. The van der Waals surface area contributed by atoms with Gasteiger partial charge < -0.3 is 4.90 Å². The van der Waals surface area contributed by atoms with E-state index in [4.69, 9.17) is 0 Å². The van der Waals surface area contributed by atoms with Crippen molar-refractivity contribution in [1.29, 1.82) is 0 Å². The molecule has 0 aliphatic heterocycles. The Labute approximate surface area is 192 Å². The van der Waals surface area contributed by atoms with Crippen LogP contribution in [0.2, 0.25) is 0 Å². The summed E-state index contributed by atoms with van der Waals surface area (Å²) >= 11 is 2.46. The molecule has 2 aliphatic rings. The first-order valence-electron chi connectivity index (χ1n) is 11.4. The summed E-state index contributed by atoms with van der Waals surface area (Å²) in [5.41, 5.74) is 4.98. The Hall–Kier alpha value is -1.10. The fraction of sp³-hybridized carbons (Fsp3) is 0.577. The van der Waals surface area contributed by atoms with Crippen LogP contribution in [0.1, 0.15) is 85.0 Å². The lowest BCUT2D eigenvalue weighted by atomic mass is 9.86. The molecule has 0 amide bonds. The van der Waals surface area contributed by atoms with Gasteiger partial charge in [0.05, 0.1) is 0 Å². The zero-order valence-corrected chi connectivity index (χ0v) is 20.8. The van der Waals surface area contributed by atoms with Gasteiger partial charge in [0.25, 0.3) is 0 Å². The number of carbonyl (C=O) groups is 1. The van der Waals surface area contributed by atoms with Gasteiger partial charge in [-0.1, -0.05) is 51.5 Å². The monoisotopic (exact) mass is 507 g/mol. The van der Waals surface area contributed by atoms with Crippen LogP contribution < -0.4 is 0 Å². The highest BCUT2D eigenvalue weighted by molar-refractivity contribution is 14.1. The van der Waals surface area contributed by atoms with E-state index in [2.05, 4.69) is 79.1 Å². The second-order valence-electron chi connectivity index (χ2n) is 8.36. The summed E-state index contributed by atoms with van der Waals surface area (Å²) in [6, 6.07) is 0. The van der Waals surface area contributed by atoms with Crippen molar-refractivity contribution in [2.75, 3.05) is 6.54 Å². The van der Waals surface area contributed by atoms with Crippen molar-refractivity contribution in [3.05, 3.63) is 57.0 Å². The third-order valence-electron chi connectivity index (χ3n) is 5.97. The Morgan fingerprint density at radius 1 is 1.21 bits per heavy atom. The van der Waals surface area contributed by atoms with Crippen molar-refractivity contribution in [3.8, 4) is 0 Å². The van der Waals surface area contributed by atoms with Crippen LogP contribution in [0.3, 0.4) is 0 Å². The maximum absolute atomic E-state index is 13.1. The molecule has 2 rings (SSSR count). The fourth-order valence-corrected chi connectivity index (χ4v) is 4.72. The van der Waals surface area contributed by atoms with Crippen LogP contribution in [0.5, 0.6) is 0 Å². The van der Waals surface area contributed by atoms with Gasteiger partial charge in [0, 0.05) is 23.9 Å². The minimum absolute atomic E-state index is 0.130. The van der Waals surface area contributed by atoms with E-state index < -0.39 is 0 Å². The van der Waals surface area contributed by atoms with E-state index in [1.165, 1.54) is 14.8 Å². The molecule has 0 aromatic rings. The van der Waals surface area contributed by atoms with Gasteiger partial charge in [-0.05, 0) is 102 Å². The normalized spacial score (nSPS) is 17.7. The van der Waals surface area contributed by atoms with Gasteiger partial charge in [-0.15, -0.1) is 0 Å². The largest absolute Gasteiger partial charge is 0.346 e. The molecule has 1 atom stereocenters. The highest BCUT2D eigenvalue weighted by atomic mass is 127. The Morgan fingerprint density at radius 3 is 2.66 bits per heavy atom. The van der Waals surface area contributed by atoms with Crippen LogP contribution in [0.15, 0.2) is 57.0 Å². The lowest BCUT2D eigenvalue weighted by molar-refractivity contribution is -0.119. The zero-order valence-electron chi connectivity index (χ0n) is 18.6. The second kappa shape index (κ2) is 12.6. The average Bonchev–Trinajstić information content (AvgIpc) is 2.74. The second-order valence-corrected chi connectivity index (χ2v) is 9.74. The van der Waals surface area contributed by atoms with Crippen LogP contribution in [-0.4, -0.2) is 17.2 Å². The number of allylic oxidation sites excluding steroid dienone is 8. The quantitative estimate of drug-likeness (QED) is 0.197.